The molecule has 0 saturated carbocycles. The van der Waals surface area contributed by atoms with Gasteiger partial charge in [0.15, 0.2) is 6.10 Å². The third-order valence-corrected chi connectivity index (χ3v) is 3.63. The summed E-state index contributed by atoms with van der Waals surface area (Å²) in [5.41, 5.74) is -0.335. The number of carbonyl (C=O) groups excluding carboxylic acids is 2. The number of rotatable bonds is 6. The minimum Gasteiger partial charge on any atom is -0.495 e. The zero-order valence-electron chi connectivity index (χ0n) is 13.9. The second-order valence-corrected chi connectivity index (χ2v) is 5.59. The van der Waals surface area contributed by atoms with Crippen LogP contribution in [0.25, 0.3) is 0 Å². The maximum Gasteiger partial charge on any atom is 0.345 e. The quantitative estimate of drug-likeness (QED) is 0.468. The summed E-state index contributed by atoms with van der Waals surface area (Å²) in [7, 11) is 1.43. The predicted octanol–water partition coefficient (Wildman–Crippen LogP) is 3.44. The van der Waals surface area contributed by atoms with Crippen LogP contribution in [0.4, 0.5) is 11.4 Å². The molecule has 0 aliphatic heterocycles. The fourth-order valence-corrected chi connectivity index (χ4v) is 2.27. The lowest BCUT2D eigenvalue weighted by Gasteiger charge is -2.15. The number of nitro groups is 1. The molecular weight excluding hydrogens is 364 g/mol. The number of hydrogen-bond donors (Lipinski definition) is 1. The maximum atomic E-state index is 12.3. The van der Waals surface area contributed by atoms with Gasteiger partial charge in [-0.25, -0.2) is 4.79 Å². The molecule has 9 heteroatoms. The Kier molecular flexibility index (Phi) is 6.13. The third kappa shape index (κ3) is 4.48. The molecule has 1 amide bonds. The molecule has 0 aliphatic carbocycles. The SMILES string of the molecule is COc1ccc(Cl)cc1NC(=O)C(C)OC(=O)c1ccccc1[N+](=O)[O-]. The summed E-state index contributed by atoms with van der Waals surface area (Å²) in [5.74, 6) is -1.24. The zero-order chi connectivity index (χ0) is 19.3. The number of benzene rings is 2. The second kappa shape index (κ2) is 8.30. The summed E-state index contributed by atoms with van der Waals surface area (Å²) in [4.78, 5) is 34.7. The molecule has 2 aromatic rings. The predicted molar refractivity (Wildman–Crippen MR) is 94.6 cm³/mol. The van der Waals surface area contributed by atoms with Crippen molar-refractivity contribution in [1.29, 1.82) is 0 Å². The van der Waals surface area contributed by atoms with Crippen molar-refractivity contribution in [2.75, 3.05) is 12.4 Å². The lowest BCUT2D eigenvalue weighted by Crippen LogP contribution is -2.30. The van der Waals surface area contributed by atoms with Gasteiger partial charge in [-0.2, -0.15) is 0 Å². The van der Waals surface area contributed by atoms with E-state index in [1.807, 2.05) is 0 Å². The van der Waals surface area contributed by atoms with Crippen LogP contribution in [0.1, 0.15) is 17.3 Å². The molecule has 8 nitrogen and oxygen atoms in total. The van der Waals surface area contributed by atoms with E-state index in [9.17, 15) is 19.7 Å². The van der Waals surface area contributed by atoms with Crippen LogP contribution < -0.4 is 10.1 Å². The summed E-state index contributed by atoms with van der Waals surface area (Å²) >= 11 is 5.89. The third-order valence-electron chi connectivity index (χ3n) is 3.39. The number of para-hydroxylation sites is 1. The molecule has 1 atom stereocenters. The normalized spacial score (nSPS) is 11.3. The lowest BCUT2D eigenvalue weighted by molar-refractivity contribution is -0.385. The molecule has 0 spiro atoms. The number of nitro benzene ring substituents is 1. The Morgan fingerprint density at radius 2 is 1.92 bits per heavy atom. The first-order valence-electron chi connectivity index (χ1n) is 7.42. The highest BCUT2D eigenvalue weighted by molar-refractivity contribution is 6.31. The van der Waals surface area contributed by atoms with Gasteiger partial charge in [0.2, 0.25) is 0 Å². The van der Waals surface area contributed by atoms with E-state index in [4.69, 9.17) is 21.1 Å². The van der Waals surface area contributed by atoms with Crippen LogP contribution >= 0.6 is 11.6 Å². The van der Waals surface area contributed by atoms with Crippen LogP contribution in [0, 0.1) is 10.1 Å². The summed E-state index contributed by atoms with van der Waals surface area (Å²) in [6.07, 6.45) is -1.20. The van der Waals surface area contributed by atoms with Crippen LogP contribution in [0.2, 0.25) is 5.02 Å². The first-order chi connectivity index (χ1) is 12.3. The highest BCUT2D eigenvalue weighted by Crippen LogP contribution is 2.28. The van der Waals surface area contributed by atoms with Crippen molar-refractivity contribution in [2.45, 2.75) is 13.0 Å². The number of nitrogens with one attached hydrogen (secondary N) is 1. The van der Waals surface area contributed by atoms with Gasteiger partial charge in [-0.1, -0.05) is 23.7 Å². The van der Waals surface area contributed by atoms with E-state index in [1.165, 1.54) is 44.4 Å². The average molecular weight is 379 g/mol. The summed E-state index contributed by atoms with van der Waals surface area (Å²) in [5, 5.41) is 13.9. The number of hydrogen-bond acceptors (Lipinski definition) is 6. The molecular formula is C17H15ClN2O6. The fraction of sp³-hybridized carbons (Fsp3) is 0.176. The van der Waals surface area contributed by atoms with Crippen LogP contribution in [-0.2, 0) is 9.53 Å². The smallest absolute Gasteiger partial charge is 0.345 e. The Morgan fingerprint density at radius 1 is 1.23 bits per heavy atom. The van der Waals surface area contributed by atoms with Crippen molar-refractivity contribution < 1.29 is 24.0 Å². The molecule has 0 aliphatic rings. The standard InChI is InChI=1S/C17H15ClN2O6/c1-10(16(21)19-13-9-11(18)7-8-15(13)25-2)26-17(22)12-5-3-4-6-14(12)20(23)24/h3-10H,1-2H3,(H,19,21). The molecule has 2 aromatic carbocycles. The molecule has 0 saturated heterocycles. The van der Waals surface area contributed by atoms with Crippen LogP contribution in [-0.4, -0.2) is 30.0 Å². The molecule has 26 heavy (non-hydrogen) atoms. The molecule has 0 aromatic heterocycles. The Bertz CT molecular complexity index is 855. The molecule has 0 heterocycles. The number of ether oxygens (including phenoxy) is 2. The molecule has 136 valence electrons. The van der Waals surface area contributed by atoms with Gasteiger partial charge in [0.1, 0.15) is 11.3 Å². The first-order valence-corrected chi connectivity index (χ1v) is 7.80. The van der Waals surface area contributed by atoms with E-state index in [1.54, 1.807) is 12.1 Å². The number of methoxy groups -OCH3 is 1. The second-order valence-electron chi connectivity index (χ2n) is 5.16. The largest absolute Gasteiger partial charge is 0.495 e. The zero-order valence-corrected chi connectivity index (χ0v) is 14.6. The summed E-state index contributed by atoms with van der Waals surface area (Å²) in [6, 6.07) is 9.97. The minimum atomic E-state index is -1.20. The number of nitrogens with zero attached hydrogens (tertiary/aromatic N) is 1. The van der Waals surface area contributed by atoms with E-state index in [0.29, 0.717) is 16.5 Å². The Labute approximate surface area is 153 Å². The van der Waals surface area contributed by atoms with Gasteiger partial charge >= 0.3 is 5.97 Å². The van der Waals surface area contributed by atoms with Crippen molar-refractivity contribution in [3.8, 4) is 5.75 Å². The van der Waals surface area contributed by atoms with E-state index in [-0.39, 0.29) is 5.56 Å². The van der Waals surface area contributed by atoms with Crippen LogP contribution in [0.3, 0.4) is 0 Å². The maximum absolute atomic E-state index is 12.3. The van der Waals surface area contributed by atoms with E-state index in [2.05, 4.69) is 5.32 Å². The monoisotopic (exact) mass is 378 g/mol. The Hall–Kier alpha value is -3.13. The number of carbonyl (C=O) groups is 2. The average Bonchev–Trinajstić information content (AvgIpc) is 2.61. The minimum absolute atomic E-state index is 0.238. The molecule has 0 bridgehead atoms. The van der Waals surface area contributed by atoms with Crippen molar-refractivity contribution >= 4 is 34.9 Å². The van der Waals surface area contributed by atoms with Gasteiger partial charge in [-0.15, -0.1) is 0 Å². The van der Waals surface area contributed by atoms with E-state index >= 15 is 0 Å². The Morgan fingerprint density at radius 3 is 2.58 bits per heavy atom. The molecule has 2 rings (SSSR count). The van der Waals surface area contributed by atoms with Crippen molar-refractivity contribution in [3.63, 3.8) is 0 Å². The van der Waals surface area contributed by atoms with Gasteiger partial charge < -0.3 is 14.8 Å². The van der Waals surface area contributed by atoms with Gasteiger partial charge in [0.05, 0.1) is 17.7 Å². The van der Waals surface area contributed by atoms with Gasteiger partial charge in [0, 0.05) is 11.1 Å². The van der Waals surface area contributed by atoms with Crippen molar-refractivity contribution in [1.82, 2.24) is 0 Å². The number of halogens is 1. The fourth-order valence-electron chi connectivity index (χ4n) is 2.10. The molecule has 0 radical (unpaired) electrons. The highest BCUT2D eigenvalue weighted by Gasteiger charge is 2.25. The van der Waals surface area contributed by atoms with Gasteiger partial charge in [-0.05, 0) is 31.2 Å². The van der Waals surface area contributed by atoms with Crippen LogP contribution in [0.5, 0.6) is 5.75 Å². The van der Waals surface area contributed by atoms with Crippen molar-refractivity contribution in [2.24, 2.45) is 0 Å². The Balaban J connectivity index is 2.11. The van der Waals surface area contributed by atoms with E-state index < -0.39 is 28.6 Å². The van der Waals surface area contributed by atoms with Gasteiger partial charge in [0.25, 0.3) is 11.6 Å². The molecule has 1 N–H and O–H groups in total. The topological polar surface area (TPSA) is 108 Å². The van der Waals surface area contributed by atoms with Gasteiger partial charge in [-0.3, -0.25) is 14.9 Å². The summed E-state index contributed by atoms with van der Waals surface area (Å²) in [6.45, 7) is 1.35. The van der Waals surface area contributed by atoms with E-state index in [0.717, 1.165) is 0 Å². The number of amides is 1. The van der Waals surface area contributed by atoms with Crippen LogP contribution in [0.15, 0.2) is 42.5 Å². The molecule has 1 unspecified atom stereocenters. The first kappa shape index (κ1) is 19.2. The lowest BCUT2D eigenvalue weighted by atomic mass is 10.2. The molecule has 0 fully saturated rings. The number of esters is 1. The summed E-state index contributed by atoms with van der Waals surface area (Å²) < 4.78 is 10.2. The number of anilines is 1. The van der Waals surface area contributed by atoms with Crippen molar-refractivity contribution in [3.05, 3.63) is 63.2 Å². The highest BCUT2D eigenvalue weighted by atomic mass is 35.5.